The van der Waals surface area contributed by atoms with Crippen molar-refractivity contribution >= 4 is 17.6 Å². The number of nitrogens with one attached hydrogen (secondary N) is 1. The molecule has 0 saturated heterocycles. The molecule has 2 aromatic rings. The lowest BCUT2D eigenvalue weighted by Gasteiger charge is -2.17. The number of aromatic nitrogens is 1. The van der Waals surface area contributed by atoms with E-state index in [0.29, 0.717) is 5.69 Å². The van der Waals surface area contributed by atoms with E-state index in [2.05, 4.69) is 4.98 Å². The van der Waals surface area contributed by atoms with Gasteiger partial charge in [0.05, 0.1) is 5.56 Å². The quantitative estimate of drug-likeness (QED) is 0.882. The van der Waals surface area contributed by atoms with Crippen molar-refractivity contribution in [3.05, 3.63) is 64.1 Å². The molecule has 0 saturated carbocycles. The maximum atomic E-state index is 12.2. The SMILES string of the molecule is CN(C(=O)c1cccc(=O)[nH]1)c1ccc(C(=O)O)cc1. The van der Waals surface area contributed by atoms with E-state index >= 15 is 0 Å². The molecule has 0 bridgehead atoms. The van der Waals surface area contributed by atoms with Gasteiger partial charge in [-0.15, -0.1) is 0 Å². The highest BCUT2D eigenvalue weighted by atomic mass is 16.4. The van der Waals surface area contributed by atoms with Gasteiger partial charge < -0.3 is 15.0 Å². The van der Waals surface area contributed by atoms with Gasteiger partial charge in [-0.1, -0.05) is 6.07 Å². The third kappa shape index (κ3) is 2.74. The Bertz CT molecular complexity index is 704. The largest absolute Gasteiger partial charge is 0.478 e. The first-order chi connectivity index (χ1) is 9.49. The molecular formula is C14H12N2O4. The minimum Gasteiger partial charge on any atom is -0.478 e. The number of benzene rings is 1. The predicted octanol–water partition coefficient (Wildman–Crippen LogP) is 1.35. The predicted molar refractivity (Wildman–Crippen MR) is 73.2 cm³/mol. The maximum absolute atomic E-state index is 12.2. The van der Waals surface area contributed by atoms with E-state index in [4.69, 9.17) is 5.11 Å². The molecular weight excluding hydrogens is 260 g/mol. The summed E-state index contributed by atoms with van der Waals surface area (Å²) in [5, 5.41) is 8.81. The minimum absolute atomic E-state index is 0.141. The lowest BCUT2D eigenvalue weighted by molar-refractivity contribution is 0.0696. The maximum Gasteiger partial charge on any atom is 0.335 e. The molecule has 2 rings (SSSR count). The number of nitrogens with zero attached hydrogens (tertiary/aromatic N) is 1. The molecule has 1 heterocycles. The number of aromatic carboxylic acids is 1. The van der Waals surface area contributed by atoms with E-state index in [1.165, 1.54) is 47.4 Å². The smallest absolute Gasteiger partial charge is 0.335 e. The normalized spacial score (nSPS) is 10.1. The topological polar surface area (TPSA) is 90.5 Å². The van der Waals surface area contributed by atoms with Crippen LogP contribution in [0.4, 0.5) is 5.69 Å². The fraction of sp³-hybridized carbons (Fsp3) is 0.0714. The number of carbonyl (C=O) groups excluding carboxylic acids is 1. The summed E-state index contributed by atoms with van der Waals surface area (Å²) in [5.41, 5.74) is 0.486. The van der Waals surface area contributed by atoms with Crippen LogP contribution in [0.5, 0.6) is 0 Å². The third-order valence-electron chi connectivity index (χ3n) is 2.80. The van der Waals surface area contributed by atoms with E-state index in [-0.39, 0.29) is 22.7 Å². The Balaban J connectivity index is 2.26. The molecule has 2 N–H and O–H groups in total. The van der Waals surface area contributed by atoms with Gasteiger partial charge in [-0.3, -0.25) is 9.59 Å². The average Bonchev–Trinajstić information content (AvgIpc) is 2.46. The van der Waals surface area contributed by atoms with Gasteiger partial charge >= 0.3 is 5.97 Å². The number of H-pyrrole nitrogens is 1. The molecule has 0 fully saturated rings. The number of carboxylic acid groups (broad SMARTS) is 1. The fourth-order valence-corrected chi connectivity index (χ4v) is 1.70. The van der Waals surface area contributed by atoms with Crippen molar-refractivity contribution in [1.29, 1.82) is 0 Å². The number of carboxylic acids is 1. The number of pyridine rings is 1. The Labute approximate surface area is 114 Å². The molecule has 1 aromatic carbocycles. The number of aromatic amines is 1. The monoisotopic (exact) mass is 272 g/mol. The molecule has 0 atom stereocenters. The van der Waals surface area contributed by atoms with Crippen molar-refractivity contribution in [2.75, 3.05) is 11.9 Å². The Morgan fingerprint density at radius 3 is 2.30 bits per heavy atom. The van der Waals surface area contributed by atoms with Gasteiger partial charge in [-0.2, -0.15) is 0 Å². The average molecular weight is 272 g/mol. The molecule has 102 valence electrons. The van der Waals surface area contributed by atoms with Gasteiger partial charge in [0.1, 0.15) is 5.69 Å². The minimum atomic E-state index is -1.03. The fourth-order valence-electron chi connectivity index (χ4n) is 1.70. The van der Waals surface area contributed by atoms with Gasteiger partial charge in [0.15, 0.2) is 0 Å². The molecule has 0 unspecified atom stereocenters. The van der Waals surface area contributed by atoms with Crippen LogP contribution in [0.25, 0.3) is 0 Å². The summed E-state index contributed by atoms with van der Waals surface area (Å²) in [6.07, 6.45) is 0. The Morgan fingerprint density at radius 2 is 1.75 bits per heavy atom. The number of anilines is 1. The Kier molecular flexibility index (Phi) is 3.65. The molecule has 6 heteroatoms. The number of amides is 1. The first-order valence-corrected chi connectivity index (χ1v) is 5.80. The molecule has 0 radical (unpaired) electrons. The van der Waals surface area contributed by atoms with Gasteiger partial charge in [0.2, 0.25) is 5.56 Å². The summed E-state index contributed by atoms with van der Waals surface area (Å²) in [6.45, 7) is 0. The van der Waals surface area contributed by atoms with Crippen LogP contribution in [0.1, 0.15) is 20.8 Å². The summed E-state index contributed by atoms with van der Waals surface area (Å²) in [6, 6.07) is 10.2. The molecule has 1 aromatic heterocycles. The van der Waals surface area contributed by atoms with Gasteiger partial charge in [-0.25, -0.2) is 4.79 Å². The number of hydrogen-bond acceptors (Lipinski definition) is 3. The third-order valence-corrected chi connectivity index (χ3v) is 2.80. The van der Waals surface area contributed by atoms with Gasteiger partial charge in [0.25, 0.3) is 5.91 Å². The molecule has 0 aliphatic rings. The van der Waals surface area contributed by atoms with Crippen molar-refractivity contribution in [1.82, 2.24) is 4.98 Å². The van der Waals surface area contributed by atoms with Crippen molar-refractivity contribution in [2.24, 2.45) is 0 Å². The van der Waals surface area contributed by atoms with E-state index in [1.807, 2.05) is 0 Å². The van der Waals surface area contributed by atoms with E-state index < -0.39 is 5.97 Å². The number of carbonyl (C=O) groups is 2. The summed E-state index contributed by atoms with van der Waals surface area (Å²) in [7, 11) is 1.55. The lowest BCUT2D eigenvalue weighted by atomic mass is 10.2. The summed E-state index contributed by atoms with van der Waals surface area (Å²) >= 11 is 0. The van der Waals surface area contributed by atoms with Crippen LogP contribution in [0, 0.1) is 0 Å². The zero-order chi connectivity index (χ0) is 14.7. The highest BCUT2D eigenvalue weighted by Crippen LogP contribution is 2.15. The van der Waals surface area contributed by atoms with Crippen LogP contribution in [0.2, 0.25) is 0 Å². The highest BCUT2D eigenvalue weighted by molar-refractivity contribution is 6.04. The number of rotatable bonds is 3. The highest BCUT2D eigenvalue weighted by Gasteiger charge is 2.14. The molecule has 20 heavy (non-hydrogen) atoms. The van der Waals surface area contributed by atoms with Crippen LogP contribution < -0.4 is 10.5 Å². The van der Waals surface area contributed by atoms with E-state index in [1.54, 1.807) is 7.05 Å². The second-order valence-corrected chi connectivity index (χ2v) is 4.14. The zero-order valence-corrected chi connectivity index (χ0v) is 10.7. The van der Waals surface area contributed by atoms with E-state index in [9.17, 15) is 14.4 Å². The van der Waals surface area contributed by atoms with Gasteiger partial charge in [-0.05, 0) is 30.3 Å². The van der Waals surface area contributed by atoms with Gasteiger partial charge in [0, 0.05) is 18.8 Å². The summed E-state index contributed by atoms with van der Waals surface area (Å²) in [5.74, 6) is -1.41. The molecule has 6 nitrogen and oxygen atoms in total. The van der Waals surface area contributed by atoms with Crippen molar-refractivity contribution in [3.63, 3.8) is 0 Å². The first kappa shape index (κ1) is 13.5. The zero-order valence-electron chi connectivity index (χ0n) is 10.7. The van der Waals surface area contributed by atoms with Crippen molar-refractivity contribution in [2.45, 2.75) is 0 Å². The van der Waals surface area contributed by atoms with Crippen LogP contribution in [0.3, 0.4) is 0 Å². The molecule has 0 aliphatic carbocycles. The first-order valence-electron chi connectivity index (χ1n) is 5.80. The number of hydrogen-bond donors (Lipinski definition) is 2. The van der Waals surface area contributed by atoms with Crippen LogP contribution in [-0.2, 0) is 0 Å². The second-order valence-electron chi connectivity index (χ2n) is 4.14. The Morgan fingerprint density at radius 1 is 1.10 bits per heavy atom. The van der Waals surface area contributed by atoms with Crippen LogP contribution in [0.15, 0.2) is 47.3 Å². The van der Waals surface area contributed by atoms with Crippen LogP contribution >= 0.6 is 0 Å². The van der Waals surface area contributed by atoms with Crippen molar-refractivity contribution < 1.29 is 14.7 Å². The molecule has 0 aliphatic heterocycles. The lowest BCUT2D eigenvalue weighted by Crippen LogP contribution is -2.28. The molecule has 0 spiro atoms. The summed E-state index contributed by atoms with van der Waals surface area (Å²) < 4.78 is 0. The second kappa shape index (κ2) is 5.40. The summed E-state index contributed by atoms with van der Waals surface area (Å²) in [4.78, 5) is 37.9. The van der Waals surface area contributed by atoms with E-state index in [0.717, 1.165) is 0 Å². The standard InChI is InChI=1S/C14H12N2O4/c1-16(10-7-5-9(6-8-10)14(19)20)13(18)11-3-2-4-12(17)15-11/h2-8H,1H3,(H,15,17)(H,19,20). The molecule has 1 amide bonds. The van der Waals surface area contributed by atoms with Crippen molar-refractivity contribution in [3.8, 4) is 0 Å². The van der Waals surface area contributed by atoms with Crippen LogP contribution in [-0.4, -0.2) is 29.0 Å². The Hall–Kier alpha value is -2.89.